The Balaban J connectivity index is 1.03. The molecule has 2 aromatic heterocycles. The summed E-state index contributed by atoms with van der Waals surface area (Å²) in [5.41, 5.74) is 2.25. The van der Waals surface area contributed by atoms with Gasteiger partial charge in [-0.05, 0) is 80.5 Å². The molecule has 2 saturated heterocycles. The Hall–Kier alpha value is -4.12. The molecule has 2 aliphatic carbocycles. The van der Waals surface area contributed by atoms with Gasteiger partial charge < -0.3 is 24.0 Å². The van der Waals surface area contributed by atoms with Crippen molar-refractivity contribution in [1.82, 2.24) is 10.1 Å². The van der Waals surface area contributed by atoms with Crippen LogP contribution in [0.15, 0.2) is 59.1 Å². The fraction of sp³-hybridized carbons (Fsp3) is 0.406. The molecule has 222 valence electrons. The van der Waals surface area contributed by atoms with Gasteiger partial charge in [0.05, 0.1) is 23.8 Å². The predicted molar refractivity (Wildman–Crippen MR) is 149 cm³/mol. The summed E-state index contributed by atoms with van der Waals surface area (Å²) in [4.78, 5) is 18.7. The number of hydrogen-bond donors (Lipinski definition) is 1. The third-order valence-electron chi connectivity index (χ3n) is 9.43. The van der Waals surface area contributed by atoms with E-state index in [0.717, 1.165) is 48.8 Å². The summed E-state index contributed by atoms with van der Waals surface area (Å²) in [6.07, 6.45) is 0.215. The number of ether oxygens (including phenoxy) is 2. The number of hydrogen-bond acceptors (Lipinski definition) is 7. The maximum Gasteiger partial charge on any atom is 0.573 e. The number of pyridine rings is 1. The van der Waals surface area contributed by atoms with Crippen molar-refractivity contribution in [1.29, 1.82) is 0 Å². The first-order valence-corrected chi connectivity index (χ1v) is 14.6. The first-order valence-electron chi connectivity index (χ1n) is 14.6. The number of carboxylic acid groups (broad SMARTS) is 1. The van der Waals surface area contributed by atoms with E-state index >= 15 is 0 Å². The lowest BCUT2D eigenvalue weighted by Crippen LogP contribution is -2.42. The van der Waals surface area contributed by atoms with Gasteiger partial charge in [0.25, 0.3) is 0 Å². The molecular weight excluding hydrogens is 563 g/mol. The van der Waals surface area contributed by atoms with E-state index in [1.54, 1.807) is 30.3 Å². The maximum atomic E-state index is 13.1. The van der Waals surface area contributed by atoms with Crippen molar-refractivity contribution in [3.63, 3.8) is 0 Å². The highest BCUT2D eigenvalue weighted by molar-refractivity contribution is 5.93. The quantitative estimate of drug-likeness (QED) is 0.236. The van der Waals surface area contributed by atoms with E-state index in [1.165, 1.54) is 12.1 Å². The van der Waals surface area contributed by atoms with Gasteiger partial charge in [0.15, 0.2) is 0 Å². The first-order chi connectivity index (χ1) is 20.7. The normalized spacial score (nSPS) is 26.0. The molecule has 4 aliphatic rings. The minimum atomic E-state index is -4.83. The fourth-order valence-electron chi connectivity index (χ4n) is 7.38. The van der Waals surface area contributed by atoms with E-state index in [2.05, 4.69) is 14.8 Å². The average molecular weight is 592 g/mol. The molecule has 5 atom stereocenters. The van der Waals surface area contributed by atoms with E-state index in [0.29, 0.717) is 34.9 Å². The molecule has 2 bridgehead atoms. The molecule has 2 aromatic carbocycles. The molecular formula is C32H28F3N3O5. The van der Waals surface area contributed by atoms with E-state index in [-0.39, 0.29) is 41.5 Å². The highest BCUT2D eigenvalue weighted by Crippen LogP contribution is 2.59. The molecule has 2 saturated carbocycles. The Morgan fingerprint density at radius 1 is 1.07 bits per heavy atom. The lowest BCUT2D eigenvalue weighted by Gasteiger charge is -2.35. The summed E-state index contributed by atoms with van der Waals surface area (Å²) in [5.74, 6) is 1.25. The summed E-state index contributed by atoms with van der Waals surface area (Å²) in [6, 6.07) is 15.5. The van der Waals surface area contributed by atoms with Crippen LogP contribution in [-0.2, 0) is 11.3 Å². The Morgan fingerprint density at radius 3 is 2.70 bits per heavy atom. The van der Waals surface area contributed by atoms with E-state index in [1.807, 2.05) is 12.1 Å². The Kier molecular flexibility index (Phi) is 5.98. The van der Waals surface area contributed by atoms with Crippen LogP contribution in [0, 0.1) is 11.8 Å². The number of nitrogens with zero attached hydrogens (tertiary/aromatic N) is 3. The van der Waals surface area contributed by atoms with Crippen molar-refractivity contribution in [2.45, 2.75) is 69.2 Å². The second-order valence-corrected chi connectivity index (χ2v) is 12.0. The van der Waals surface area contributed by atoms with Crippen molar-refractivity contribution in [2.24, 2.45) is 11.8 Å². The van der Waals surface area contributed by atoms with E-state index < -0.39 is 12.3 Å². The predicted octanol–water partition coefficient (Wildman–Crippen LogP) is 6.94. The van der Waals surface area contributed by atoms with Crippen molar-refractivity contribution in [3.8, 4) is 17.0 Å². The maximum absolute atomic E-state index is 13.1. The summed E-state index contributed by atoms with van der Waals surface area (Å²) in [7, 11) is 0. The number of fused-ring (bicyclic) bond motifs is 5. The number of rotatable bonds is 8. The molecule has 4 heterocycles. The van der Waals surface area contributed by atoms with Gasteiger partial charge in [0, 0.05) is 40.4 Å². The van der Waals surface area contributed by atoms with Crippen molar-refractivity contribution < 1.29 is 37.1 Å². The molecule has 8 nitrogen and oxygen atoms in total. The third kappa shape index (κ3) is 4.70. The van der Waals surface area contributed by atoms with Gasteiger partial charge in [-0.15, -0.1) is 13.2 Å². The number of para-hydroxylation sites is 1. The molecule has 1 N–H and O–H groups in total. The van der Waals surface area contributed by atoms with Gasteiger partial charge >= 0.3 is 12.3 Å². The number of carboxylic acids is 1. The van der Waals surface area contributed by atoms with E-state index in [9.17, 15) is 23.1 Å². The van der Waals surface area contributed by atoms with Crippen LogP contribution in [0.1, 0.15) is 59.7 Å². The van der Waals surface area contributed by atoms with Gasteiger partial charge in [-0.3, -0.25) is 0 Å². The Labute approximate surface area is 244 Å². The Morgan fingerprint density at radius 2 is 1.91 bits per heavy atom. The first kappa shape index (κ1) is 26.5. The minimum Gasteiger partial charge on any atom is -0.478 e. The van der Waals surface area contributed by atoms with Crippen LogP contribution < -0.4 is 9.64 Å². The van der Waals surface area contributed by atoms with Crippen molar-refractivity contribution in [2.75, 3.05) is 4.90 Å². The monoisotopic (exact) mass is 591 g/mol. The molecule has 0 amide bonds. The van der Waals surface area contributed by atoms with Crippen LogP contribution >= 0.6 is 0 Å². The van der Waals surface area contributed by atoms with Crippen LogP contribution in [0.3, 0.4) is 0 Å². The van der Waals surface area contributed by atoms with Crippen LogP contribution in [-0.4, -0.2) is 45.8 Å². The molecule has 2 aliphatic heterocycles. The summed E-state index contributed by atoms with van der Waals surface area (Å²) in [5, 5.41) is 14.3. The zero-order valence-electron chi connectivity index (χ0n) is 23.0. The molecule has 43 heavy (non-hydrogen) atoms. The molecule has 0 radical (unpaired) electrons. The zero-order chi connectivity index (χ0) is 29.5. The number of benzene rings is 2. The average Bonchev–Trinajstić information content (AvgIpc) is 3.87. The number of halogens is 3. The Bertz CT molecular complexity index is 1730. The van der Waals surface area contributed by atoms with Crippen LogP contribution in [0.4, 0.5) is 19.0 Å². The SMILES string of the molecule is O=C(O)c1ccc2nc(N3C4CCC3C3C(C4)C3OCc3c(-c4ccccc4OC(F)(F)F)noc3C3CC3)ccc2c1. The largest absolute Gasteiger partial charge is 0.573 e. The standard InChI is InChI=1S/C32H28F3N3O5/c33-32(34,35)42-25-4-2-1-3-20(25)28-22(29(43-37-28)16-5-6-16)15-41-30-21-14-19-9-11-24(27(21)30)38(19)26-12-8-17-13-18(31(39)40)7-10-23(17)36-26/h1-4,7-8,10,12-13,16,19,21,24,27,30H,5-6,9,11,14-15H2,(H,39,40). The second-order valence-electron chi connectivity index (χ2n) is 12.0. The van der Waals surface area contributed by atoms with Crippen LogP contribution in [0.2, 0.25) is 0 Å². The van der Waals surface area contributed by atoms with Crippen LogP contribution in [0.5, 0.6) is 5.75 Å². The summed E-state index contributed by atoms with van der Waals surface area (Å²) >= 11 is 0. The lowest BCUT2D eigenvalue weighted by atomic mass is 10.0. The molecule has 11 heteroatoms. The minimum absolute atomic E-state index is 0.0350. The fourth-order valence-corrected chi connectivity index (χ4v) is 7.38. The van der Waals surface area contributed by atoms with Gasteiger partial charge in [-0.25, -0.2) is 9.78 Å². The molecule has 4 aromatic rings. The number of aromatic nitrogens is 2. The highest BCUT2D eigenvalue weighted by atomic mass is 19.4. The zero-order valence-corrected chi connectivity index (χ0v) is 23.0. The second kappa shape index (κ2) is 9.70. The number of piperidine rings is 1. The van der Waals surface area contributed by atoms with Crippen molar-refractivity contribution >= 4 is 22.7 Å². The van der Waals surface area contributed by atoms with Gasteiger partial charge in [0.1, 0.15) is 23.0 Å². The third-order valence-corrected chi connectivity index (χ3v) is 9.43. The van der Waals surface area contributed by atoms with Crippen molar-refractivity contribution in [3.05, 3.63) is 71.5 Å². The molecule has 8 rings (SSSR count). The van der Waals surface area contributed by atoms with Gasteiger partial charge in [-0.2, -0.15) is 0 Å². The number of carbonyl (C=O) groups is 1. The lowest BCUT2D eigenvalue weighted by molar-refractivity contribution is -0.274. The molecule has 5 unspecified atom stereocenters. The molecule has 4 fully saturated rings. The van der Waals surface area contributed by atoms with Crippen LogP contribution in [0.25, 0.3) is 22.2 Å². The molecule has 0 spiro atoms. The number of anilines is 1. The van der Waals surface area contributed by atoms with E-state index in [4.69, 9.17) is 14.2 Å². The topological polar surface area (TPSA) is 97.9 Å². The highest BCUT2D eigenvalue weighted by Gasteiger charge is 2.63. The number of aromatic carboxylic acids is 1. The number of alkyl halides is 3. The van der Waals surface area contributed by atoms with Gasteiger partial charge in [0.2, 0.25) is 0 Å². The van der Waals surface area contributed by atoms with Gasteiger partial charge in [-0.1, -0.05) is 17.3 Å². The summed E-state index contributed by atoms with van der Waals surface area (Å²) < 4.78 is 56.0. The smallest absolute Gasteiger partial charge is 0.478 e. The summed E-state index contributed by atoms with van der Waals surface area (Å²) in [6.45, 7) is 0.209.